The molecule has 1 heterocycles. The van der Waals surface area contributed by atoms with Crippen LogP contribution in [0.15, 0.2) is 18.2 Å². The second kappa shape index (κ2) is 8.10. The molecule has 0 aliphatic carbocycles. The van der Waals surface area contributed by atoms with Crippen LogP contribution in [0.1, 0.15) is 12.5 Å². The SMILES string of the molecule is COc1cccc(OC)c1CC(=O)N1CCNC[C@H]1C.Cl. The second-order valence-corrected chi connectivity index (χ2v) is 4.96. The lowest BCUT2D eigenvalue weighted by molar-refractivity contribution is -0.133. The first-order valence-electron chi connectivity index (χ1n) is 6.87. The van der Waals surface area contributed by atoms with Gasteiger partial charge in [0.1, 0.15) is 11.5 Å². The first-order chi connectivity index (χ1) is 9.67. The molecule has 5 nitrogen and oxygen atoms in total. The Hall–Kier alpha value is -1.46. The Kier molecular flexibility index (Phi) is 6.78. The van der Waals surface area contributed by atoms with Crippen LogP contribution in [0.4, 0.5) is 0 Å². The summed E-state index contributed by atoms with van der Waals surface area (Å²) in [5, 5.41) is 3.29. The summed E-state index contributed by atoms with van der Waals surface area (Å²) >= 11 is 0. The van der Waals surface area contributed by atoms with Crippen molar-refractivity contribution in [3.8, 4) is 11.5 Å². The van der Waals surface area contributed by atoms with Crippen LogP contribution in [0.3, 0.4) is 0 Å². The monoisotopic (exact) mass is 314 g/mol. The molecule has 1 fully saturated rings. The molecule has 0 unspecified atom stereocenters. The molecule has 0 aromatic heterocycles. The maximum Gasteiger partial charge on any atom is 0.227 e. The van der Waals surface area contributed by atoms with Gasteiger partial charge >= 0.3 is 0 Å². The van der Waals surface area contributed by atoms with E-state index < -0.39 is 0 Å². The average molecular weight is 315 g/mol. The number of ether oxygens (including phenoxy) is 2. The number of rotatable bonds is 4. The number of halogens is 1. The summed E-state index contributed by atoms with van der Waals surface area (Å²) in [4.78, 5) is 14.4. The van der Waals surface area contributed by atoms with Crippen LogP contribution in [-0.2, 0) is 11.2 Å². The van der Waals surface area contributed by atoms with Gasteiger partial charge in [-0.1, -0.05) is 6.07 Å². The van der Waals surface area contributed by atoms with Crippen molar-refractivity contribution >= 4 is 18.3 Å². The molecule has 1 aliphatic heterocycles. The Bertz CT molecular complexity index is 460. The fraction of sp³-hybridized carbons (Fsp3) is 0.533. The molecule has 1 aliphatic rings. The topological polar surface area (TPSA) is 50.8 Å². The Morgan fingerprint density at radius 2 is 1.95 bits per heavy atom. The predicted octanol–water partition coefficient (Wildman–Crippen LogP) is 1.49. The fourth-order valence-electron chi connectivity index (χ4n) is 2.57. The largest absolute Gasteiger partial charge is 0.496 e. The van der Waals surface area contributed by atoms with Crippen molar-refractivity contribution in [3.05, 3.63) is 23.8 Å². The molecule has 1 atom stereocenters. The molecule has 1 N–H and O–H groups in total. The smallest absolute Gasteiger partial charge is 0.227 e. The molecule has 6 heteroatoms. The van der Waals surface area contributed by atoms with Crippen LogP contribution in [-0.4, -0.2) is 50.7 Å². The van der Waals surface area contributed by atoms with Gasteiger partial charge in [-0.05, 0) is 19.1 Å². The lowest BCUT2D eigenvalue weighted by Gasteiger charge is -2.34. The zero-order valence-electron chi connectivity index (χ0n) is 12.7. The van der Waals surface area contributed by atoms with Gasteiger partial charge in [-0.2, -0.15) is 0 Å². The van der Waals surface area contributed by atoms with E-state index in [0.717, 1.165) is 25.2 Å². The van der Waals surface area contributed by atoms with Crippen LogP contribution in [0.2, 0.25) is 0 Å². The van der Waals surface area contributed by atoms with Gasteiger partial charge in [0.2, 0.25) is 5.91 Å². The van der Waals surface area contributed by atoms with Crippen LogP contribution < -0.4 is 14.8 Å². The van der Waals surface area contributed by atoms with Crippen LogP contribution in [0.5, 0.6) is 11.5 Å². The molecular weight excluding hydrogens is 292 g/mol. The molecule has 1 aromatic rings. The Balaban J connectivity index is 0.00000220. The molecule has 21 heavy (non-hydrogen) atoms. The summed E-state index contributed by atoms with van der Waals surface area (Å²) in [6.45, 7) is 4.49. The van der Waals surface area contributed by atoms with Gasteiger partial charge in [-0.15, -0.1) is 12.4 Å². The maximum absolute atomic E-state index is 12.5. The van der Waals surface area contributed by atoms with E-state index in [2.05, 4.69) is 12.2 Å². The van der Waals surface area contributed by atoms with Crippen LogP contribution >= 0.6 is 12.4 Å². The molecule has 1 amide bonds. The highest BCUT2D eigenvalue weighted by Crippen LogP contribution is 2.29. The Morgan fingerprint density at radius 1 is 1.33 bits per heavy atom. The third-order valence-electron chi connectivity index (χ3n) is 3.68. The van der Waals surface area contributed by atoms with E-state index in [0.29, 0.717) is 17.9 Å². The summed E-state index contributed by atoms with van der Waals surface area (Å²) in [5.74, 6) is 1.50. The highest BCUT2D eigenvalue weighted by molar-refractivity contribution is 5.85. The fourth-order valence-corrected chi connectivity index (χ4v) is 2.57. The number of benzene rings is 1. The predicted molar refractivity (Wildman–Crippen MR) is 84.5 cm³/mol. The van der Waals surface area contributed by atoms with E-state index in [9.17, 15) is 4.79 Å². The standard InChI is InChI=1S/C15H22N2O3.ClH/c1-11-10-16-7-8-17(11)15(18)9-12-13(19-2)5-4-6-14(12)20-3;/h4-6,11,16H,7-10H2,1-3H3;1H/t11-;/m1./s1. The average Bonchev–Trinajstić information content (AvgIpc) is 2.47. The van der Waals surface area contributed by atoms with Crippen LogP contribution in [0, 0.1) is 0 Å². The van der Waals surface area contributed by atoms with E-state index >= 15 is 0 Å². The van der Waals surface area contributed by atoms with Crippen molar-refractivity contribution in [2.75, 3.05) is 33.9 Å². The van der Waals surface area contributed by atoms with Crippen molar-refractivity contribution in [1.82, 2.24) is 10.2 Å². The van der Waals surface area contributed by atoms with Gasteiger partial charge in [0.25, 0.3) is 0 Å². The molecule has 0 radical (unpaired) electrons. The lowest BCUT2D eigenvalue weighted by Crippen LogP contribution is -2.52. The third kappa shape index (κ3) is 4.02. The van der Waals surface area contributed by atoms with Crippen molar-refractivity contribution in [3.63, 3.8) is 0 Å². The van der Waals surface area contributed by atoms with Gasteiger partial charge in [-0.3, -0.25) is 4.79 Å². The summed E-state index contributed by atoms with van der Waals surface area (Å²) in [5.41, 5.74) is 0.813. The highest BCUT2D eigenvalue weighted by atomic mass is 35.5. The first-order valence-corrected chi connectivity index (χ1v) is 6.87. The van der Waals surface area contributed by atoms with E-state index in [1.165, 1.54) is 0 Å². The van der Waals surface area contributed by atoms with Gasteiger partial charge in [0.05, 0.1) is 20.6 Å². The van der Waals surface area contributed by atoms with Crippen molar-refractivity contribution in [2.24, 2.45) is 0 Å². The summed E-state index contributed by atoms with van der Waals surface area (Å²) < 4.78 is 10.7. The lowest BCUT2D eigenvalue weighted by atomic mass is 10.1. The summed E-state index contributed by atoms with van der Waals surface area (Å²) in [7, 11) is 3.21. The molecule has 0 spiro atoms. The number of nitrogens with zero attached hydrogens (tertiary/aromatic N) is 1. The molecule has 1 saturated heterocycles. The molecule has 1 aromatic carbocycles. The third-order valence-corrected chi connectivity index (χ3v) is 3.68. The number of hydrogen-bond acceptors (Lipinski definition) is 4. The normalized spacial score (nSPS) is 17.9. The van der Waals surface area contributed by atoms with Gasteiger partial charge in [0.15, 0.2) is 0 Å². The minimum atomic E-state index is 0. The number of piperazine rings is 1. The number of methoxy groups -OCH3 is 2. The zero-order chi connectivity index (χ0) is 14.5. The number of amides is 1. The summed E-state index contributed by atoms with van der Waals surface area (Å²) in [6, 6.07) is 5.79. The van der Waals surface area contributed by atoms with Crippen LogP contribution in [0.25, 0.3) is 0 Å². The molecule has 0 bridgehead atoms. The number of carbonyl (C=O) groups excluding carboxylic acids is 1. The molecule has 0 saturated carbocycles. The van der Waals surface area contributed by atoms with Crippen molar-refractivity contribution in [2.45, 2.75) is 19.4 Å². The van der Waals surface area contributed by atoms with Gasteiger partial charge in [0, 0.05) is 31.2 Å². The van der Waals surface area contributed by atoms with Gasteiger partial charge < -0.3 is 19.7 Å². The minimum absolute atomic E-state index is 0. The van der Waals surface area contributed by atoms with Gasteiger partial charge in [-0.25, -0.2) is 0 Å². The van der Waals surface area contributed by atoms with Crippen molar-refractivity contribution in [1.29, 1.82) is 0 Å². The van der Waals surface area contributed by atoms with E-state index in [4.69, 9.17) is 9.47 Å². The Labute approximate surface area is 132 Å². The minimum Gasteiger partial charge on any atom is -0.496 e. The molecule has 2 rings (SSSR count). The first kappa shape index (κ1) is 17.6. The van der Waals surface area contributed by atoms with Crippen molar-refractivity contribution < 1.29 is 14.3 Å². The second-order valence-electron chi connectivity index (χ2n) is 4.96. The molecule has 118 valence electrons. The quantitative estimate of drug-likeness (QED) is 0.915. The number of carbonyl (C=O) groups is 1. The summed E-state index contributed by atoms with van der Waals surface area (Å²) in [6.07, 6.45) is 0.303. The molecular formula is C15H23ClN2O3. The zero-order valence-corrected chi connectivity index (χ0v) is 13.5. The maximum atomic E-state index is 12.5. The highest BCUT2D eigenvalue weighted by Gasteiger charge is 2.24. The van der Waals surface area contributed by atoms with E-state index in [-0.39, 0.29) is 24.4 Å². The number of nitrogens with one attached hydrogen (secondary N) is 1. The Morgan fingerprint density at radius 3 is 2.48 bits per heavy atom. The number of hydrogen-bond donors (Lipinski definition) is 1. The van der Waals surface area contributed by atoms with E-state index in [1.807, 2.05) is 23.1 Å². The van der Waals surface area contributed by atoms with E-state index in [1.54, 1.807) is 14.2 Å².